The summed E-state index contributed by atoms with van der Waals surface area (Å²) >= 11 is 0. The number of amides is 2. The van der Waals surface area contributed by atoms with Gasteiger partial charge in [0.25, 0.3) is 11.5 Å². The van der Waals surface area contributed by atoms with Crippen molar-refractivity contribution in [2.45, 2.75) is 66.0 Å². The fourth-order valence-electron chi connectivity index (χ4n) is 6.47. The van der Waals surface area contributed by atoms with E-state index in [9.17, 15) is 14.4 Å². The fourth-order valence-corrected chi connectivity index (χ4v) is 6.47. The van der Waals surface area contributed by atoms with Gasteiger partial charge < -0.3 is 24.7 Å². The van der Waals surface area contributed by atoms with Gasteiger partial charge in [0, 0.05) is 84.8 Å². The van der Waals surface area contributed by atoms with Crippen LogP contribution in [0.5, 0.6) is 0 Å². The molecular formula is C36H42N6O3. The summed E-state index contributed by atoms with van der Waals surface area (Å²) in [6.07, 6.45) is 10.1. The van der Waals surface area contributed by atoms with Crippen molar-refractivity contribution in [3.8, 4) is 11.1 Å². The smallest absolute Gasteiger partial charge is 0.253 e. The number of hydrogen-bond donors (Lipinski definition) is 2. The second-order valence-corrected chi connectivity index (χ2v) is 12.4. The maximum Gasteiger partial charge on any atom is 0.253 e. The average Bonchev–Trinajstić information content (AvgIpc) is 3.75. The first-order chi connectivity index (χ1) is 21.7. The number of carbonyl (C=O) groups is 2. The van der Waals surface area contributed by atoms with Gasteiger partial charge in [0.05, 0.1) is 0 Å². The molecule has 2 N–H and O–H groups in total. The third kappa shape index (κ3) is 6.43. The summed E-state index contributed by atoms with van der Waals surface area (Å²) in [5, 5.41) is 2.96. The minimum atomic E-state index is -0.292. The molecule has 1 aliphatic heterocycles. The summed E-state index contributed by atoms with van der Waals surface area (Å²) in [4.78, 5) is 51.4. The average molecular weight is 607 g/mol. The topological polar surface area (TPSA) is 103 Å². The van der Waals surface area contributed by atoms with E-state index in [0.717, 1.165) is 78.2 Å². The van der Waals surface area contributed by atoms with Gasteiger partial charge in [-0.2, -0.15) is 0 Å². The molecule has 4 aromatic rings. The molecule has 0 bridgehead atoms. The zero-order valence-electron chi connectivity index (χ0n) is 26.6. The van der Waals surface area contributed by atoms with Crippen molar-refractivity contribution >= 4 is 23.3 Å². The van der Waals surface area contributed by atoms with Crippen LogP contribution in [0.3, 0.4) is 0 Å². The first-order valence-electron chi connectivity index (χ1n) is 16.0. The lowest BCUT2D eigenvalue weighted by atomic mass is 9.97. The summed E-state index contributed by atoms with van der Waals surface area (Å²) in [6, 6.07) is 14.5. The molecule has 2 amide bonds. The SMILES string of the molecule is CCN(C(=O)C1CC1)c1cc(-c2ccc(N3CCC(n4cccc4)CC3)nc2)cc(C(=O)NCc2c(C)cc(C)[nH]c2=O)c1C. The number of piperidine rings is 1. The molecule has 9 heteroatoms. The quantitative estimate of drug-likeness (QED) is 0.255. The Balaban J connectivity index is 1.28. The number of aromatic amines is 1. The standard InChI is InChI=1S/C36H42N6O3/c1-5-42(36(45)26-8-9-26)32-20-28(19-30(25(32)4)34(43)38-22-31-23(2)18-24(3)39-35(31)44)27-10-11-33(37-21-27)41-16-12-29(13-17-41)40-14-6-7-15-40/h6-7,10-11,14-15,18-21,26,29H,5,8-9,12-13,16-17,22H2,1-4H3,(H,38,43)(H,39,44). The Kier molecular flexibility index (Phi) is 8.61. The normalized spacial score (nSPS) is 15.2. The van der Waals surface area contributed by atoms with E-state index in [-0.39, 0.29) is 29.8 Å². The molecular weight excluding hydrogens is 564 g/mol. The Bertz CT molecular complexity index is 1750. The molecule has 0 atom stereocenters. The van der Waals surface area contributed by atoms with Crippen molar-refractivity contribution in [2.24, 2.45) is 5.92 Å². The minimum Gasteiger partial charge on any atom is -0.356 e. The number of hydrogen-bond acceptors (Lipinski definition) is 5. The van der Waals surface area contributed by atoms with Crippen LogP contribution < -0.4 is 20.7 Å². The Morgan fingerprint density at radius 1 is 1.00 bits per heavy atom. The van der Waals surface area contributed by atoms with Crippen LogP contribution in [0.15, 0.2) is 65.8 Å². The Hall–Kier alpha value is -4.66. The molecule has 9 nitrogen and oxygen atoms in total. The predicted molar refractivity (Wildman–Crippen MR) is 178 cm³/mol. The van der Waals surface area contributed by atoms with Crippen molar-refractivity contribution in [1.29, 1.82) is 0 Å². The number of carbonyl (C=O) groups excluding carboxylic acids is 2. The highest BCUT2D eigenvalue weighted by Gasteiger charge is 2.34. The largest absolute Gasteiger partial charge is 0.356 e. The number of H-pyrrole nitrogens is 1. The summed E-state index contributed by atoms with van der Waals surface area (Å²) in [5.41, 5.74) is 5.56. The van der Waals surface area contributed by atoms with Crippen LogP contribution in [0.4, 0.5) is 11.5 Å². The van der Waals surface area contributed by atoms with Gasteiger partial charge >= 0.3 is 0 Å². The van der Waals surface area contributed by atoms with Crippen LogP contribution in [-0.4, -0.2) is 46.0 Å². The van der Waals surface area contributed by atoms with Gasteiger partial charge in [0.2, 0.25) is 5.91 Å². The summed E-state index contributed by atoms with van der Waals surface area (Å²) in [5.74, 6) is 0.791. The Morgan fingerprint density at radius 3 is 2.36 bits per heavy atom. The zero-order valence-corrected chi connectivity index (χ0v) is 26.6. The highest BCUT2D eigenvalue weighted by atomic mass is 16.2. The van der Waals surface area contributed by atoms with Gasteiger partial charge in [0.15, 0.2) is 0 Å². The first kappa shape index (κ1) is 30.4. The van der Waals surface area contributed by atoms with E-state index < -0.39 is 0 Å². The fraction of sp³-hybridized carbons (Fsp3) is 0.389. The van der Waals surface area contributed by atoms with Crippen LogP contribution in [-0.2, 0) is 11.3 Å². The monoisotopic (exact) mass is 606 g/mol. The Labute approximate surface area is 264 Å². The molecule has 0 spiro atoms. The van der Waals surface area contributed by atoms with E-state index in [4.69, 9.17) is 4.98 Å². The summed E-state index contributed by atoms with van der Waals surface area (Å²) in [6.45, 7) is 10.1. The van der Waals surface area contributed by atoms with Crippen molar-refractivity contribution in [1.82, 2.24) is 19.9 Å². The van der Waals surface area contributed by atoms with E-state index in [1.807, 2.05) is 64.2 Å². The molecule has 2 aliphatic rings. The third-order valence-corrected chi connectivity index (χ3v) is 9.26. The summed E-state index contributed by atoms with van der Waals surface area (Å²) in [7, 11) is 0. The molecule has 6 rings (SSSR count). The molecule has 3 aromatic heterocycles. The van der Waals surface area contributed by atoms with E-state index in [1.165, 1.54) is 0 Å². The molecule has 1 aromatic carbocycles. The Morgan fingerprint density at radius 2 is 1.73 bits per heavy atom. The molecule has 0 radical (unpaired) electrons. The van der Waals surface area contributed by atoms with Crippen LogP contribution in [0.25, 0.3) is 11.1 Å². The number of nitrogens with one attached hydrogen (secondary N) is 2. The lowest BCUT2D eigenvalue weighted by Crippen LogP contribution is -2.34. The molecule has 234 valence electrons. The number of anilines is 2. The van der Waals surface area contributed by atoms with E-state index in [0.29, 0.717) is 23.7 Å². The van der Waals surface area contributed by atoms with Gasteiger partial charge in [0.1, 0.15) is 5.82 Å². The van der Waals surface area contributed by atoms with Gasteiger partial charge in [-0.1, -0.05) is 0 Å². The van der Waals surface area contributed by atoms with Crippen molar-refractivity contribution in [2.75, 3.05) is 29.4 Å². The van der Waals surface area contributed by atoms with E-state index in [1.54, 1.807) is 4.90 Å². The molecule has 1 aliphatic carbocycles. The number of rotatable bonds is 9. The van der Waals surface area contributed by atoms with Crippen molar-refractivity contribution < 1.29 is 9.59 Å². The number of aryl methyl sites for hydroxylation is 2. The van der Waals surface area contributed by atoms with Gasteiger partial charge in [-0.15, -0.1) is 0 Å². The second-order valence-electron chi connectivity index (χ2n) is 12.4. The highest BCUT2D eigenvalue weighted by molar-refractivity contribution is 6.03. The van der Waals surface area contributed by atoms with Crippen LogP contribution in [0.1, 0.15) is 71.4 Å². The van der Waals surface area contributed by atoms with E-state index >= 15 is 0 Å². The highest BCUT2D eigenvalue weighted by Crippen LogP contribution is 2.37. The van der Waals surface area contributed by atoms with Crippen LogP contribution >= 0.6 is 0 Å². The first-order valence-corrected chi connectivity index (χ1v) is 16.0. The predicted octanol–water partition coefficient (Wildman–Crippen LogP) is 5.70. The van der Waals surface area contributed by atoms with Crippen LogP contribution in [0, 0.1) is 26.7 Å². The lowest BCUT2D eigenvalue weighted by molar-refractivity contribution is -0.119. The number of pyridine rings is 2. The number of nitrogens with zero attached hydrogens (tertiary/aromatic N) is 4. The maximum absolute atomic E-state index is 13.7. The van der Waals surface area contributed by atoms with Crippen molar-refractivity contribution in [3.05, 3.63) is 99.4 Å². The molecule has 4 heterocycles. The molecule has 1 saturated heterocycles. The second kappa shape index (κ2) is 12.8. The van der Waals surface area contributed by atoms with E-state index in [2.05, 4.69) is 44.3 Å². The molecule has 1 saturated carbocycles. The maximum atomic E-state index is 13.7. The van der Waals surface area contributed by atoms with Crippen LogP contribution in [0.2, 0.25) is 0 Å². The molecule has 0 unspecified atom stereocenters. The van der Waals surface area contributed by atoms with Crippen molar-refractivity contribution in [3.63, 3.8) is 0 Å². The number of aromatic nitrogens is 3. The van der Waals surface area contributed by atoms with Gasteiger partial charge in [-0.3, -0.25) is 14.4 Å². The lowest BCUT2D eigenvalue weighted by Gasteiger charge is -2.33. The number of benzene rings is 1. The molecule has 2 fully saturated rings. The summed E-state index contributed by atoms with van der Waals surface area (Å²) < 4.78 is 2.30. The molecule has 45 heavy (non-hydrogen) atoms. The minimum absolute atomic E-state index is 0.0455. The zero-order chi connectivity index (χ0) is 31.7. The van der Waals surface area contributed by atoms with Gasteiger partial charge in [-0.05, 0) is 113 Å². The van der Waals surface area contributed by atoms with Gasteiger partial charge in [-0.25, -0.2) is 4.98 Å². The third-order valence-electron chi connectivity index (χ3n) is 9.26.